The lowest BCUT2D eigenvalue weighted by atomic mass is 10.1. The van der Waals surface area contributed by atoms with Gasteiger partial charge in [-0.05, 0) is 49.9 Å². The van der Waals surface area contributed by atoms with Crippen LogP contribution in [0.5, 0.6) is 5.75 Å². The first-order valence-electron chi connectivity index (χ1n) is 7.20. The molecule has 1 atom stereocenters. The molecule has 20 heavy (non-hydrogen) atoms. The predicted octanol–water partition coefficient (Wildman–Crippen LogP) is 3.73. The molecule has 0 aliphatic heterocycles. The normalized spacial score (nSPS) is 15.9. The average molecular weight is 293 g/mol. The van der Waals surface area contributed by atoms with Crippen LogP contribution in [0.3, 0.4) is 0 Å². The van der Waals surface area contributed by atoms with Crippen molar-refractivity contribution in [1.82, 2.24) is 4.90 Å². The molecule has 0 heterocycles. The van der Waals surface area contributed by atoms with Crippen molar-refractivity contribution in [2.75, 3.05) is 19.7 Å². The van der Waals surface area contributed by atoms with Crippen LogP contribution in [-0.4, -0.2) is 30.6 Å². The van der Waals surface area contributed by atoms with Crippen molar-refractivity contribution >= 4 is 11.6 Å². The highest BCUT2D eigenvalue weighted by Crippen LogP contribution is 2.35. The van der Waals surface area contributed by atoms with Crippen LogP contribution in [0.2, 0.25) is 5.02 Å². The number of hydrogen-bond acceptors (Lipinski definition) is 3. The predicted molar refractivity (Wildman–Crippen MR) is 80.9 cm³/mol. The molecule has 0 N–H and O–H groups in total. The van der Waals surface area contributed by atoms with Gasteiger partial charge in [0.15, 0.2) is 0 Å². The van der Waals surface area contributed by atoms with Crippen molar-refractivity contribution in [2.45, 2.75) is 32.2 Å². The Morgan fingerprint density at radius 1 is 1.35 bits per heavy atom. The summed E-state index contributed by atoms with van der Waals surface area (Å²) in [5.74, 6) is 1.65. The van der Waals surface area contributed by atoms with Gasteiger partial charge in [0.2, 0.25) is 0 Å². The molecule has 2 rings (SSSR count). The molecule has 1 aliphatic carbocycles. The van der Waals surface area contributed by atoms with Gasteiger partial charge in [0, 0.05) is 30.6 Å². The van der Waals surface area contributed by atoms with Crippen LogP contribution in [0.15, 0.2) is 24.3 Å². The molecule has 0 amide bonds. The third-order valence-electron chi connectivity index (χ3n) is 3.85. The molecule has 4 heteroatoms. The Hall–Kier alpha value is -1.24. The van der Waals surface area contributed by atoms with Crippen LogP contribution in [0.1, 0.15) is 26.2 Å². The van der Waals surface area contributed by atoms with E-state index in [0.717, 1.165) is 29.8 Å². The Morgan fingerprint density at radius 3 is 2.65 bits per heavy atom. The Bertz CT molecular complexity index is 451. The van der Waals surface area contributed by atoms with Gasteiger partial charge in [-0.25, -0.2) is 0 Å². The molecule has 1 aromatic rings. The zero-order valence-corrected chi connectivity index (χ0v) is 12.6. The van der Waals surface area contributed by atoms with Gasteiger partial charge in [0.1, 0.15) is 12.4 Å². The molecule has 3 nitrogen and oxygen atoms in total. The fraction of sp³-hybridized carbons (Fsp3) is 0.562. The number of nitriles is 1. The topological polar surface area (TPSA) is 36.3 Å². The van der Waals surface area contributed by atoms with Crippen molar-refractivity contribution in [3.05, 3.63) is 29.3 Å². The Balaban J connectivity index is 1.78. The zero-order chi connectivity index (χ0) is 14.4. The summed E-state index contributed by atoms with van der Waals surface area (Å²) in [6.07, 6.45) is 3.22. The lowest BCUT2D eigenvalue weighted by molar-refractivity contribution is 0.157. The van der Waals surface area contributed by atoms with Gasteiger partial charge in [0.25, 0.3) is 0 Å². The summed E-state index contributed by atoms with van der Waals surface area (Å²) in [5.41, 5.74) is 0. The zero-order valence-electron chi connectivity index (χ0n) is 11.9. The molecule has 0 bridgehead atoms. The number of rotatable bonds is 8. The van der Waals surface area contributed by atoms with Crippen LogP contribution in [0, 0.1) is 17.2 Å². The Morgan fingerprint density at radius 2 is 2.05 bits per heavy atom. The first-order valence-corrected chi connectivity index (χ1v) is 7.58. The van der Waals surface area contributed by atoms with E-state index in [4.69, 9.17) is 21.6 Å². The minimum atomic E-state index is 0.553. The van der Waals surface area contributed by atoms with E-state index in [1.165, 1.54) is 12.8 Å². The lowest BCUT2D eigenvalue weighted by Gasteiger charge is -2.28. The summed E-state index contributed by atoms with van der Waals surface area (Å²) in [6, 6.07) is 10.2. The average Bonchev–Trinajstić information content (AvgIpc) is 3.28. The second kappa shape index (κ2) is 7.52. The molecule has 0 saturated heterocycles. The van der Waals surface area contributed by atoms with Crippen molar-refractivity contribution in [3.8, 4) is 11.8 Å². The van der Waals surface area contributed by atoms with E-state index >= 15 is 0 Å². The minimum absolute atomic E-state index is 0.553. The van der Waals surface area contributed by atoms with E-state index in [0.29, 0.717) is 19.1 Å². The first-order chi connectivity index (χ1) is 9.70. The van der Waals surface area contributed by atoms with Crippen molar-refractivity contribution < 1.29 is 4.74 Å². The van der Waals surface area contributed by atoms with Crippen LogP contribution < -0.4 is 4.74 Å². The van der Waals surface area contributed by atoms with Crippen molar-refractivity contribution in [3.63, 3.8) is 0 Å². The van der Waals surface area contributed by atoms with Gasteiger partial charge < -0.3 is 4.74 Å². The van der Waals surface area contributed by atoms with E-state index < -0.39 is 0 Å². The van der Waals surface area contributed by atoms with E-state index in [-0.39, 0.29) is 0 Å². The smallest absolute Gasteiger partial charge is 0.119 e. The van der Waals surface area contributed by atoms with E-state index in [9.17, 15) is 0 Å². The van der Waals surface area contributed by atoms with Crippen LogP contribution in [0.25, 0.3) is 0 Å². The number of benzene rings is 1. The van der Waals surface area contributed by atoms with Crippen molar-refractivity contribution in [2.24, 2.45) is 5.92 Å². The second-order valence-corrected chi connectivity index (χ2v) is 5.76. The molecule has 0 radical (unpaired) electrons. The van der Waals surface area contributed by atoms with Gasteiger partial charge in [-0.15, -0.1) is 0 Å². The summed E-state index contributed by atoms with van der Waals surface area (Å²) >= 11 is 5.84. The standard InChI is InChI=1S/C16H21ClN2O/c1-13(14-3-4-14)19(10-2-9-18)11-12-20-16-7-5-15(17)6-8-16/h5-8,13-14H,2-4,10-12H2,1H3. The quantitative estimate of drug-likeness (QED) is 0.732. The van der Waals surface area contributed by atoms with Gasteiger partial charge in [-0.1, -0.05) is 11.6 Å². The van der Waals surface area contributed by atoms with E-state index in [2.05, 4.69) is 17.9 Å². The SMILES string of the molecule is CC(C1CC1)N(CCC#N)CCOc1ccc(Cl)cc1. The Kier molecular flexibility index (Phi) is 5.70. The molecular formula is C16H21ClN2O. The molecule has 1 aromatic carbocycles. The second-order valence-electron chi connectivity index (χ2n) is 5.32. The summed E-state index contributed by atoms with van der Waals surface area (Å²) in [5, 5.41) is 9.48. The maximum atomic E-state index is 8.76. The fourth-order valence-corrected chi connectivity index (χ4v) is 2.53. The van der Waals surface area contributed by atoms with Gasteiger partial charge in [0.05, 0.1) is 6.07 Å². The van der Waals surface area contributed by atoms with Crippen molar-refractivity contribution in [1.29, 1.82) is 5.26 Å². The largest absolute Gasteiger partial charge is 0.492 e. The summed E-state index contributed by atoms with van der Waals surface area (Å²) < 4.78 is 5.74. The summed E-state index contributed by atoms with van der Waals surface area (Å²) in [6.45, 7) is 4.60. The lowest BCUT2D eigenvalue weighted by Crippen LogP contribution is -2.38. The molecule has 108 valence electrons. The number of nitrogens with zero attached hydrogens (tertiary/aromatic N) is 2. The van der Waals surface area contributed by atoms with E-state index in [1.807, 2.05) is 24.3 Å². The number of ether oxygens (including phenoxy) is 1. The molecule has 1 unspecified atom stereocenters. The third-order valence-corrected chi connectivity index (χ3v) is 4.10. The third kappa shape index (κ3) is 4.70. The highest BCUT2D eigenvalue weighted by Gasteiger charge is 2.31. The maximum absolute atomic E-state index is 8.76. The molecule has 1 saturated carbocycles. The fourth-order valence-electron chi connectivity index (χ4n) is 2.40. The minimum Gasteiger partial charge on any atom is -0.492 e. The number of halogens is 1. The summed E-state index contributed by atoms with van der Waals surface area (Å²) in [4.78, 5) is 2.37. The molecule has 1 fully saturated rings. The first kappa shape index (κ1) is 15.2. The van der Waals surface area contributed by atoms with E-state index in [1.54, 1.807) is 0 Å². The number of hydrogen-bond donors (Lipinski definition) is 0. The highest BCUT2D eigenvalue weighted by atomic mass is 35.5. The molecular weight excluding hydrogens is 272 g/mol. The van der Waals surface area contributed by atoms with Crippen LogP contribution in [-0.2, 0) is 0 Å². The monoisotopic (exact) mass is 292 g/mol. The summed E-state index contributed by atoms with van der Waals surface area (Å²) in [7, 11) is 0. The molecule has 1 aliphatic rings. The highest BCUT2D eigenvalue weighted by molar-refractivity contribution is 6.30. The van der Waals surface area contributed by atoms with Gasteiger partial charge in [-0.3, -0.25) is 4.90 Å². The Labute approximate surface area is 126 Å². The van der Waals surface area contributed by atoms with Crippen LogP contribution in [0.4, 0.5) is 0 Å². The molecule has 0 spiro atoms. The van der Waals surface area contributed by atoms with Gasteiger partial charge >= 0.3 is 0 Å². The molecule has 0 aromatic heterocycles. The van der Waals surface area contributed by atoms with Gasteiger partial charge in [-0.2, -0.15) is 5.26 Å². The van der Waals surface area contributed by atoms with Crippen LogP contribution >= 0.6 is 11.6 Å². The maximum Gasteiger partial charge on any atom is 0.119 e.